The number of para-hydroxylation sites is 1. The molecule has 1 aromatic heterocycles. The van der Waals surface area contributed by atoms with Crippen LogP contribution >= 0.6 is 0 Å². The number of nitrogens with one attached hydrogen (secondary N) is 1. The van der Waals surface area contributed by atoms with E-state index in [2.05, 4.69) is 10.3 Å². The standard InChI is InChI=1S/C28H28N4O2/c1-21(2)31(27(34)18-22-12-6-3-7-13-22)20-26(33)30-28-29-25(23-14-8-4-9-15-23)19-32(28)24-16-10-5-11-17-24/h3-17,19,21H,18,20H2,1-2H3,(H,29,30,33). The van der Waals surface area contributed by atoms with Gasteiger partial charge >= 0.3 is 0 Å². The zero-order chi connectivity index (χ0) is 23.9. The average Bonchev–Trinajstić information content (AvgIpc) is 3.27. The molecule has 0 aliphatic carbocycles. The maximum absolute atomic E-state index is 13.1. The predicted molar refractivity (Wildman–Crippen MR) is 135 cm³/mol. The molecule has 0 radical (unpaired) electrons. The second-order valence-corrected chi connectivity index (χ2v) is 8.35. The molecule has 0 atom stereocenters. The lowest BCUT2D eigenvalue weighted by atomic mass is 10.1. The Balaban J connectivity index is 1.55. The number of amides is 2. The van der Waals surface area contributed by atoms with Crippen molar-refractivity contribution in [1.29, 1.82) is 0 Å². The van der Waals surface area contributed by atoms with E-state index in [9.17, 15) is 9.59 Å². The molecule has 6 nitrogen and oxygen atoms in total. The molecule has 2 amide bonds. The van der Waals surface area contributed by atoms with Crippen molar-refractivity contribution >= 4 is 17.8 Å². The number of rotatable bonds is 8. The summed E-state index contributed by atoms with van der Waals surface area (Å²) in [5.74, 6) is 0.0273. The van der Waals surface area contributed by atoms with Crippen LogP contribution in [0.3, 0.4) is 0 Å². The number of aromatic nitrogens is 2. The van der Waals surface area contributed by atoms with Crippen LogP contribution in [0.1, 0.15) is 19.4 Å². The molecule has 3 aromatic carbocycles. The number of benzene rings is 3. The second kappa shape index (κ2) is 10.6. The van der Waals surface area contributed by atoms with Gasteiger partial charge in [-0.3, -0.25) is 19.5 Å². The minimum atomic E-state index is -0.294. The van der Waals surface area contributed by atoms with Crippen molar-refractivity contribution in [3.63, 3.8) is 0 Å². The van der Waals surface area contributed by atoms with E-state index in [-0.39, 0.29) is 30.8 Å². The summed E-state index contributed by atoms with van der Waals surface area (Å²) in [5, 5.41) is 2.92. The van der Waals surface area contributed by atoms with Crippen LogP contribution in [0.2, 0.25) is 0 Å². The minimum absolute atomic E-state index is 0.0499. The molecule has 0 aliphatic heterocycles. The zero-order valence-corrected chi connectivity index (χ0v) is 19.4. The van der Waals surface area contributed by atoms with Crippen molar-refractivity contribution in [3.8, 4) is 16.9 Å². The Labute approximate surface area is 199 Å². The number of nitrogens with zero attached hydrogens (tertiary/aromatic N) is 3. The summed E-state index contributed by atoms with van der Waals surface area (Å²) in [4.78, 5) is 32.3. The van der Waals surface area contributed by atoms with Crippen LogP contribution < -0.4 is 5.32 Å². The first kappa shape index (κ1) is 23.0. The van der Waals surface area contributed by atoms with Gasteiger partial charge < -0.3 is 4.90 Å². The van der Waals surface area contributed by atoms with Gasteiger partial charge in [-0.2, -0.15) is 0 Å². The number of hydrogen-bond acceptors (Lipinski definition) is 3. The third-order valence-electron chi connectivity index (χ3n) is 5.52. The molecule has 4 rings (SSSR count). The Bertz CT molecular complexity index is 1240. The molecule has 0 fully saturated rings. The molecule has 4 aromatic rings. The molecule has 0 unspecified atom stereocenters. The molecular weight excluding hydrogens is 424 g/mol. The van der Waals surface area contributed by atoms with Crippen LogP contribution in [0, 0.1) is 0 Å². The van der Waals surface area contributed by atoms with Gasteiger partial charge in [0.1, 0.15) is 6.54 Å². The van der Waals surface area contributed by atoms with Gasteiger partial charge in [0.2, 0.25) is 17.8 Å². The van der Waals surface area contributed by atoms with Gasteiger partial charge in [0.15, 0.2) is 0 Å². The van der Waals surface area contributed by atoms with Crippen LogP contribution in [0.5, 0.6) is 0 Å². The highest BCUT2D eigenvalue weighted by Gasteiger charge is 2.22. The van der Waals surface area contributed by atoms with Crippen molar-refractivity contribution < 1.29 is 9.59 Å². The Morgan fingerprint density at radius 3 is 2.09 bits per heavy atom. The van der Waals surface area contributed by atoms with Crippen molar-refractivity contribution in [3.05, 3.63) is 103 Å². The van der Waals surface area contributed by atoms with Gasteiger partial charge in [-0.1, -0.05) is 78.9 Å². The van der Waals surface area contributed by atoms with E-state index in [1.807, 2.05) is 116 Å². The molecule has 0 aliphatic rings. The maximum atomic E-state index is 13.1. The number of hydrogen-bond donors (Lipinski definition) is 1. The van der Waals surface area contributed by atoms with E-state index in [0.29, 0.717) is 5.95 Å². The van der Waals surface area contributed by atoms with Crippen molar-refractivity contribution in [1.82, 2.24) is 14.5 Å². The summed E-state index contributed by atoms with van der Waals surface area (Å²) >= 11 is 0. The van der Waals surface area contributed by atoms with Gasteiger partial charge in [0, 0.05) is 23.5 Å². The van der Waals surface area contributed by atoms with E-state index in [4.69, 9.17) is 0 Å². The summed E-state index contributed by atoms with van der Waals surface area (Å²) in [6.07, 6.45) is 2.16. The van der Waals surface area contributed by atoms with E-state index in [1.54, 1.807) is 4.90 Å². The van der Waals surface area contributed by atoms with Gasteiger partial charge in [0.05, 0.1) is 12.1 Å². The minimum Gasteiger partial charge on any atom is -0.331 e. The van der Waals surface area contributed by atoms with E-state index in [1.165, 1.54) is 0 Å². The highest BCUT2D eigenvalue weighted by molar-refractivity contribution is 5.94. The zero-order valence-electron chi connectivity index (χ0n) is 19.4. The summed E-state index contributed by atoms with van der Waals surface area (Å²) < 4.78 is 1.85. The molecule has 0 bridgehead atoms. The lowest BCUT2D eigenvalue weighted by Gasteiger charge is -2.26. The highest BCUT2D eigenvalue weighted by Crippen LogP contribution is 2.24. The van der Waals surface area contributed by atoms with Crippen LogP contribution in [-0.2, 0) is 16.0 Å². The summed E-state index contributed by atoms with van der Waals surface area (Å²) in [6, 6.07) is 29.0. The van der Waals surface area contributed by atoms with Crippen molar-refractivity contribution in [2.75, 3.05) is 11.9 Å². The Morgan fingerprint density at radius 2 is 1.47 bits per heavy atom. The smallest absolute Gasteiger partial charge is 0.246 e. The summed E-state index contributed by atoms with van der Waals surface area (Å²) in [6.45, 7) is 3.77. The average molecular weight is 453 g/mol. The highest BCUT2D eigenvalue weighted by atomic mass is 16.2. The monoisotopic (exact) mass is 452 g/mol. The molecule has 0 saturated heterocycles. The lowest BCUT2D eigenvalue weighted by molar-refractivity contribution is -0.135. The SMILES string of the molecule is CC(C)N(CC(=O)Nc1nc(-c2ccccc2)cn1-c1ccccc1)C(=O)Cc1ccccc1. The van der Waals surface area contributed by atoms with Gasteiger partial charge in [-0.15, -0.1) is 0 Å². The van der Waals surface area contributed by atoms with Crippen molar-refractivity contribution in [2.24, 2.45) is 0 Å². The second-order valence-electron chi connectivity index (χ2n) is 8.35. The van der Waals surface area contributed by atoms with Crippen molar-refractivity contribution in [2.45, 2.75) is 26.3 Å². The van der Waals surface area contributed by atoms with Crippen LogP contribution in [0.4, 0.5) is 5.95 Å². The van der Waals surface area contributed by atoms with E-state index >= 15 is 0 Å². The number of imidazole rings is 1. The first-order chi connectivity index (χ1) is 16.5. The molecule has 6 heteroatoms. The Hall–Kier alpha value is -4.19. The first-order valence-corrected chi connectivity index (χ1v) is 11.3. The topological polar surface area (TPSA) is 67.2 Å². The van der Waals surface area contributed by atoms with Gasteiger partial charge in [-0.05, 0) is 31.5 Å². The fourth-order valence-electron chi connectivity index (χ4n) is 3.75. The maximum Gasteiger partial charge on any atom is 0.246 e. The molecule has 34 heavy (non-hydrogen) atoms. The van der Waals surface area contributed by atoms with Crippen LogP contribution in [0.25, 0.3) is 16.9 Å². The number of carbonyl (C=O) groups is 2. The lowest BCUT2D eigenvalue weighted by Crippen LogP contribution is -2.43. The molecule has 1 heterocycles. The number of carbonyl (C=O) groups excluding carboxylic acids is 2. The molecule has 1 N–H and O–H groups in total. The fourth-order valence-corrected chi connectivity index (χ4v) is 3.75. The van der Waals surface area contributed by atoms with Gasteiger partial charge in [-0.25, -0.2) is 4.98 Å². The third-order valence-corrected chi connectivity index (χ3v) is 5.52. The normalized spacial score (nSPS) is 10.8. The molecule has 172 valence electrons. The first-order valence-electron chi connectivity index (χ1n) is 11.3. The quantitative estimate of drug-likeness (QED) is 0.411. The predicted octanol–water partition coefficient (Wildman–Crippen LogP) is 4.96. The van der Waals surface area contributed by atoms with Crippen LogP contribution in [0.15, 0.2) is 97.2 Å². The Kier molecular flexibility index (Phi) is 7.18. The Morgan fingerprint density at radius 1 is 0.882 bits per heavy atom. The summed E-state index contributed by atoms with van der Waals surface area (Å²) in [5.41, 5.74) is 3.51. The van der Waals surface area contributed by atoms with E-state index in [0.717, 1.165) is 22.5 Å². The summed E-state index contributed by atoms with van der Waals surface area (Å²) in [7, 11) is 0. The van der Waals surface area contributed by atoms with Gasteiger partial charge in [0.25, 0.3) is 0 Å². The molecule has 0 saturated carbocycles. The largest absolute Gasteiger partial charge is 0.331 e. The fraction of sp³-hybridized carbons (Fsp3) is 0.179. The third kappa shape index (κ3) is 5.59. The molecule has 0 spiro atoms. The van der Waals surface area contributed by atoms with Crippen LogP contribution in [-0.4, -0.2) is 38.9 Å². The number of anilines is 1. The van der Waals surface area contributed by atoms with E-state index < -0.39 is 0 Å². The molecular formula is C28H28N4O2.